The number of piperazine rings is 1. The van der Waals surface area contributed by atoms with Crippen molar-refractivity contribution >= 4 is 49.7 Å². The molecule has 4 aromatic rings. The summed E-state index contributed by atoms with van der Waals surface area (Å²) in [5, 5.41) is 12.9. The number of likely N-dealkylation sites (N-methyl/N-ethyl adjacent to an activating group) is 1. The van der Waals surface area contributed by atoms with Gasteiger partial charge in [0.25, 0.3) is 5.91 Å². The van der Waals surface area contributed by atoms with Crippen molar-refractivity contribution in [3.63, 3.8) is 0 Å². The zero-order chi connectivity index (χ0) is 29.3. The molecule has 41 heavy (non-hydrogen) atoms. The summed E-state index contributed by atoms with van der Waals surface area (Å²) in [6.07, 6.45) is 0. The van der Waals surface area contributed by atoms with Gasteiger partial charge in [-0.3, -0.25) is 14.7 Å². The number of hydrogen-bond donors (Lipinski definition) is 3. The van der Waals surface area contributed by atoms with Gasteiger partial charge in [0.1, 0.15) is 5.82 Å². The molecule has 1 aliphatic rings. The Kier molecular flexibility index (Phi) is 7.78. The average Bonchev–Trinajstić information content (AvgIpc) is 3.35. The smallest absolute Gasteiger partial charge is 0.258 e. The standard InChI is InChI=1S/C29H31FN6O4S/c1-18(2)28(37)31-26-16-20(36-13-11-35(3)12-14-36)7-9-23(26)29(38)32-27-24-17-22(8-10-25(24)33-34-27)41(39,40)21-6-4-5-19(30)15-21/h4-10,15-18H,11-14H2,1-3H3,(H,31,37)(H2,32,33,34,38). The first kappa shape index (κ1) is 28.2. The van der Waals surface area contributed by atoms with E-state index in [1.807, 2.05) is 6.07 Å². The maximum Gasteiger partial charge on any atom is 0.258 e. The summed E-state index contributed by atoms with van der Waals surface area (Å²) >= 11 is 0. The first-order valence-electron chi connectivity index (χ1n) is 13.2. The van der Waals surface area contributed by atoms with Gasteiger partial charge in [-0.2, -0.15) is 5.10 Å². The molecule has 2 heterocycles. The lowest BCUT2D eigenvalue weighted by Gasteiger charge is -2.34. The highest BCUT2D eigenvalue weighted by atomic mass is 32.2. The van der Waals surface area contributed by atoms with Crippen LogP contribution in [0.5, 0.6) is 0 Å². The van der Waals surface area contributed by atoms with E-state index in [4.69, 9.17) is 0 Å². The van der Waals surface area contributed by atoms with Crippen LogP contribution in [0.3, 0.4) is 0 Å². The Balaban J connectivity index is 1.46. The minimum Gasteiger partial charge on any atom is -0.369 e. The molecule has 5 rings (SSSR count). The van der Waals surface area contributed by atoms with Gasteiger partial charge in [0.15, 0.2) is 5.82 Å². The lowest BCUT2D eigenvalue weighted by atomic mass is 10.1. The van der Waals surface area contributed by atoms with Crippen molar-refractivity contribution in [1.29, 1.82) is 0 Å². The Bertz CT molecular complexity index is 1730. The van der Waals surface area contributed by atoms with E-state index >= 15 is 0 Å². The van der Waals surface area contributed by atoms with Gasteiger partial charge in [-0.1, -0.05) is 19.9 Å². The van der Waals surface area contributed by atoms with Gasteiger partial charge in [-0.05, 0) is 61.6 Å². The highest BCUT2D eigenvalue weighted by molar-refractivity contribution is 7.91. The SMILES string of the molecule is CC(C)C(=O)Nc1cc(N2CCN(C)CC2)ccc1C(=O)Nc1n[nH]c2ccc(S(=O)(=O)c3cccc(F)c3)cc12. The van der Waals surface area contributed by atoms with E-state index in [0.717, 1.165) is 37.9 Å². The molecule has 3 aromatic carbocycles. The molecule has 0 radical (unpaired) electrons. The van der Waals surface area contributed by atoms with Crippen LogP contribution in [-0.2, 0) is 14.6 Å². The average molecular weight is 579 g/mol. The zero-order valence-corrected chi connectivity index (χ0v) is 23.8. The number of rotatable bonds is 7. The summed E-state index contributed by atoms with van der Waals surface area (Å²) < 4.78 is 40.0. The predicted octanol–water partition coefficient (Wildman–Crippen LogP) is 4.13. The minimum atomic E-state index is -4.03. The highest BCUT2D eigenvalue weighted by Crippen LogP contribution is 2.30. The summed E-state index contributed by atoms with van der Waals surface area (Å²) in [5.41, 5.74) is 1.99. The van der Waals surface area contributed by atoms with E-state index in [0.29, 0.717) is 16.6 Å². The van der Waals surface area contributed by atoms with Gasteiger partial charge in [0.2, 0.25) is 15.7 Å². The monoisotopic (exact) mass is 578 g/mol. The molecular formula is C29H31FN6O4S. The maximum atomic E-state index is 13.7. The highest BCUT2D eigenvalue weighted by Gasteiger charge is 2.23. The molecular weight excluding hydrogens is 547 g/mol. The van der Waals surface area contributed by atoms with Crippen LogP contribution in [0.25, 0.3) is 10.9 Å². The van der Waals surface area contributed by atoms with E-state index in [1.165, 1.54) is 36.4 Å². The van der Waals surface area contributed by atoms with Gasteiger partial charge < -0.3 is 20.4 Å². The molecule has 1 saturated heterocycles. The van der Waals surface area contributed by atoms with E-state index in [-0.39, 0.29) is 33.0 Å². The number of nitrogens with one attached hydrogen (secondary N) is 3. The molecule has 12 heteroatoms. The van der Waals surface area contributed by atoms with Crippen molar-refractivity contribution in [1.82, 2.24) is 15.1 Å². The van der Waals surface area contributed by atoms with Gasteiger partial charge in [-0.25, -0.2) is 12.8 Å². The molecule has 0 bridgehead atoms. The Morgan fingerprint density at radius 1 is 0.951 bits per heavy atom. The van der Waals surface area contributed by atoms with Crippen LogP contribution in [0.15, 0.2) is 70.5 Å². The number of fused-ring (bicyclic) bond motifs is 1. The van der Waals surface area contributed by atoms with E-state index in [2.05, 4.69) is 37.7 Å². The number of benzene rings is 3. The quantitative estimate of drug-likeness (QED) is 0.301. The first-order valence-corrected chi connectivity index (χ1v) is 14.7. The molecule has 0 atom stereocenters. The second-order valence-corrected chi connectivity index (χ2v) is 12.3. The number of aromatic nitrogens is 2. The van der Waals surface area contributed by atoms with Gasteiger partial charge in [0, 0.05) is 43.2 Å². The van der Waals surface area contributed by atoms with Crippen LogP contribution in [0, 0.1) is 11.7 Å². The number of carbonyl (C=O) groups excluding carboxylic acids is 2. The summed E-state index contributed by atoms with van der Waals surface area (Å²) in [7, 11) is -1.96. The number of amides is 2. The van der Waals surface area contributed by atoms with E-state index < -0.39 is 21.6 Å². The van der Waals surface area contributed by atoms with Crippen LogP contribution in [0.4, 0.5) is 21.6 Å². The lowest BCUT2D eigenvalue weighted by Crippen LogP contribution is -2.44. The fourth-order valence-corrected chi connectivity index (χ4v) is 5.89. The summed E-state index contributed by atoms with van der Waals surface area (Å²) in [4.78, 5) is 30.3. The first-order chi connectivity index (χ1) is 19.5. The summed E-state index contributed by atoms with van der Waals surface area (Å²) in [5.74, 6) is -1.60. The molecule has 1 fully saturated rings. The molecule has 10 nitrogen and oxygen atoms in total. The van der Waals surface area contributed by atoms with Crippen molar-refractivity contribution in [3.05, 3.63) is 72.0 Å². The number of halogens is 1. The lowest BCUT2D eigenvalue weighted by molar-refractivity contribution is -0.118. The third-order valence-corrected chi connectivity index (χ3v) is 8.83. The third-order valence-electron chi connectivity index (χ3n) is 7.08. The number of H-pyrrole nitrogens is 1. The summed E-state index contributed by atoms with van der Waals surface area (Å²) in [6.45, 7) is 6.98. The number of anilines is 3. The van der Waals surface area contributed by atoms with Crippen LogP contribution >= 0.6 is 0 Å². The predicted molar refractivity (Wildman–Crippen MR) is 156 cm³/mol. The number of aromatic amines is 1. The second-order valence-electron chi connectivity index (χ2n) is 10.4. The van der Waals surface area contributed by atoms with Crippen LogP contribution in [-0.4, -0.2) is 68.6 Å². The molecule has 0 spiro atoms. The van der Waals surface area contributed by atoms with E-state index in [1.54, 1.807) is 26.0 Å². The molecule has 0 unspecified atom stereocenters. The van der Waals surface area contributed by atoms with Crippen LogP contribution < -0.4 is 15.5 Å². The normalized spacial score (nSPS) is 14.4. The Hall–Kier alpha value is -4.29. The molecule has 1 aliphatic heterocycles. The van der Waals surface area contributed by atoms with Gasteiger partial charge >= 0.3 is 0 Å². The van der Waals surface area contributed by atoms with Crippen molar-refractivity contribution in [2.24, 2.45) is 5.92 Å². The van der Waals surface area contributed by atoms with Gasteiger partial charge in [0.05, 0.1) is 26.6 Å². The Morgan fingerprint density at radius 2 is 1.68 bits per heavy atom. The van der Waals surface area contributed by atoms with Crippen molar-refractivity contribution in [2.75, 3.05) is 48.8 Å². The topological polar surface area (TPSA) is 128 Å². The molecule has 0 aliphatic carbocycles. The molecule has 3 N–H and O–H groups in total. The number of carbonyl (C=O) groups is 2. The Morgan fingerprint density at radius 3 is 2.39 bits per heavy atom. The number of nitrogens with zero attached hydrogens (tertiary/aromatic N) is 3. The van der Waals surface area contributed by atoms with Gasteiger partial charge in [-0.15, -0.1) is 0 Å². The number of sulfone groups is 1. The Labute approximate surface area is 237 Å². The van der Waals surface area contributed by atoms with Crippen LogP contribution in [0.1, 0.15) is 24.2 Å². The summed E-state index contributed by atoms with van der Waals surface area (Å²) in [6, 6.07) is 14.4. The minimum absolute atomic E-state index is 0.0751. The zero-order valence-electron chi connectivity index (χ0n) is 22.9. The van der Waals surface area contributed by atoms with Crippen molar-refractivity contribution in [2.45, 2.75) is 23.6 Å². The second kappa shape index (κ2) is 11.3. The largest absolute Gasteiger partial charge is 0.369 e. The molecule has 2 amide bonds. The molecule has 0 saturated carbocycles. The maximum absolute atomic E-state index is 13.7. The van der Waals surface area contributed by atoms with Crippen LogP contribution in [0.2, 0.25) is 0 Å². The van der Waals surface area contributed by atoms with E-state index in [9.17, 15) is 22.4 Å². The fourth-order valence-electron chi connectivity index (χ4n) is 4.57. The third kappa shape index (κ3) is 5.93. The van der Waals surface area contributed by atoms with Crippen molar-refractivity contribution in [3.8, 4) is 0 Å². The molecule has 214 valence electrons. The molecule has 1 aromatic heterocycles. The van der Waals surface area contributed by atoms with Crippen molar-refractivity contribution < 1.29 is 22.4 Å². The number of hydrogen-bond acceptors (Lipinski definition) is 7. The fraction of sp³-hybridized carbons (Fsp3) is 0.276.